The van der Waals surface area contributed by atoms with Crippen LogP contribution >= 0.6 is 0 Å². The molecular formula is C22H30O3. The number of hydrogen-bond donors (Lipinski definition) is 0. The number of allylic oxidation sites excluding steroid dienone is 4. The summed E-state index contributed by atoms with van der Waals surface area (Å²) in [5.74, 6) is 1.59. The molecule has 0 aromatic heterocycles. The normalized spacial score (nSPS) is 48.2. The number of rotatable bonds is 1. The smallest absolute Gasteiger partial charge is 0.302 e. The lowest BCUT2D eigenvalue weighted by molar-refractivity contribution is -0.188. The van der Waals surface area contributed by atoms with Crippen LogP contribution in [0.2, 0.25) is 0 Å². The van der Waals surface area contributed by atoms with Gasteiger partial charge in [0.25, 0.3) is 0 Å². The van der Waals surface area contributed by atoms with Gasteiger partial charge in [-0.1, -0.05) is 38.5 Å². The topological polar surface area (TPSA) is 43.4 Å². The van der Waals surface area contributed by atoms with Crippen LogP contribution in [0.1, 0.15) is 60.3 Å². The highest BCUT2D eigenvalue weighted by Gasteiger charge is 2.67. The first-order valence-electron chi connectivity index (χ1n) is 9.77. The first-order valence-corrected chi connectivity index (χ1v) is 9.77. The Hall–Kier alpha value is -1.38. The van der Waals surface area contributed by atoms with Crippen LogP contribution in [0.25, 0.3) is 0 Å². The molecule has 0 aromatic rings. The van der Waals surface area contributed by atoms with E-state index in [2.05, 4.69) is 39.8 Å². The minimum absolute atomic E-state index is 0.0109. The zero-order chi connectivity index (χ0) is 18.1. The molecule has 25 heavy (non-hydrogen) atoms. The third-order valence-electron chi connectivity index (χ3n) is 8.15. The van der Waals surface area contributed by atoms with Crippen LogP contribution in [0.3, 0.4) is 0 Å². The lowest BCUT2D eigenvalue weighted by atomic mass is 9.42. The summed E-state index contributed by atoms with van der Waals surface area (Å²) in [6, 6.07) is 0. The van der Waals surface area contributed by atoms with E-state index in [1.54, 1.807) is 0 Å². The summed E-state index contributed by atoms with van der Waals surface area (Å²) >= 11 is 0. The van der Waals surface area contributed by atoms with Crippen LogP contribution in [0.4, 0.5) is 0 Å². The van der Waals surface area contributed by atoms with E-state index >= 15 is 0 Å². The fraction of sp³-hybridized carbons (Fsp3) is 0.727. The monoisotopic (exact) mass is 342 g/mol. The van der Waals surface area contributed by atoms with E-state index in [1.165, 1.54) is 18.1 Å². The fourth-order valence-electron chi connectivity index (χ4n) is 7.03. The first kappa shape index (κ1) is 17.1. The highest BCUT2D eigenvalue weighted by Crippen LogP contribution is 2.69. The van der Waals surface area contributed by atoms with Crippen molar-refractivity contribution in [2.45, 2.75) is 66.4 Å². The molecule has 2 saturated carbocycles. The van der Waals surface area contributed by atoms with Gasteiger partial charge in [0.1, 0.15) is 11.9 Å². The highest BCUT2D eigenvalue weighted by molar-refractivity contribution is 5.88. The van der Waals surface area contributed by atoms with E-state index < -0.39 is 0 Å². The molecule has 0 spiro atoms. The van der Waals surface area contributed by atoms with Crippen molar-refractivity contribution in [1.29, 1.82) is 0 Å². The molecule has 7 atom stereocenters. The van der Waals surface area contributed by atoms with E-state index in [1.807, 2.05) is 0 Å². The molecule has 0 N–H and O–H groups in total. The van der Waals surface area contributed by atoms with Crippen molar-refractivity contribution in [2.75, 3.05) is 0 Å². The van der Waals surface area contributed by atoms with Gasteiger partial charge in [-0.25, -0.2) is 0 Å². The lowest BCUT2D eigenvalue weighted by Gasteiger charge is -2.61. The fourth-order valence-corrected chi connectivity index (χ4v) is 7.03. The van der Waals surface area contributed by atoms with Gasteiger partial charge in [0.15, 0.2) is 0 Å². The van der Waals surface area contributed by atoms with Gasteiger partial charge in [0, 0.05) is 30.6 Å². The average molecular weight is 342 g/mol. The molecule has 4 aliphatic rings. The summed E-state index contributed by atoms with van der Waals surface area (Å²) in [4.78, 5) is 24.9. The van der Waals surface area contributed by atoms with Crippen molar-refractivity contribution in [1.82, 2.24) is 0 Å². The van der Waals surface area contributed by atoms with Crippen molar-refractivity contribution in [3.63, 3.8) is 0 Å². The van der Waals surface area contributed by atoms with Crippen LogP contribution < -0.4 is 0 Å². The van der Waals surface area contributed by atoms with E-state index in [0.29, 0.717) is 24.0 Å². The van der Waals surface area contributed by atoms with Gasteiger partial charge in [-0.2, -0.15) is 0 Å². The van der Waals surface area contributed by atoms with Crippen LogP contribution in [0.15, 0.2) is 23.3 Å². The van der Waals surface area contributed by atoms with Gasteiger partial charge >= 0.3 is 5.97 Å². The molecule has 0 saturated heterocycles. The Balaban J connectivity index is 1.88. The maximum atomic E-state index is 13.2. The number of Topliss-reactive ketones (excluding diaryl/α,β-unsaturated/α-hetero) is 1. The summed E-state index contributed by atoms with van der Waals surface area (Å²) in [7, 11) is 0. The minimum atomic E-state index is -0.282. The Morgan fingerprint density at radius 2 is 1.96 bits per heavy atom. The molecule has 3 heteroatoms. The van der Waals surface area contributed by atoms with Crippen molar-refractivity contribution in [3.05, 3.63) is 23.3 Å². The molecule has 0 radical (unpaired) electrons. The Labute approximate surface area is 150 Å². The second-order valence-electron chi connectivity index (χ2n) is 9.40. The number of hydrogen-bond acceptors (Lipinski definition) is 3. The maximum absolute atomic E-state index is 13.2. The predicted molar refractivity (Wildman–Crippen MR) is 96.7 cm³/mol. The SMILES string of the molecule is CC(=O)O[C@H]1C[C@H](C)[C@H]2CC=C(C)C3=CC[C@]4(C)C(=O)C[C@@H]1[C@@]2(C)[C@H]34. The van der Waals surface area contributed by atoms with Crippen LogP contribution in [-0.4, -0.2) is 17.9 Å². The average Bonchev–Trinajstić information content (AvgIpc) is 2.83. The molecule has 0 unspecified atom stereocenters. The van der Waals surface area contributed by atoms with Gasteiger partial charge in [0.05, 0.1) is 0 Å². The van der Waals surface area contributed by atoms with E-state index in [-0.39, 0.29) is 34.7 Å². The van der Waals surface area contributed by atoms with Crippen molar-refractivity contribution in [3.8, 4) is 0 Å². The maximum Gasteiger partial charge on any atom is 0.302 e. The van der Waals surface area contributed by atoms with Crippen molar-refractivity contribution in [2.24, 2.45) is 34.5 Å². The minimum Gasteiger partial charge on any atom is -0.462 e. The molecule has 0 aromatic carbocycles. The first-order chi connectivity index (χ1) is 11.7. The van der Waals surface area contributed by atoms with Crippen LogP contribution in [0, 0.1) is 34.5 Å². The Kier molecular flexibility index (Phi) is 3.62. The van der Waals surface area contributed by atoms with Crippen molar-refractivity contribution < 1.29 is 14.3 Å². The third kappa shape index (κ3) is 2.10. The molecule has 0 aliphatic heterocycles. The molecule has 4 rings (SSSR count). The number of carbonyl (C=O) groups is 2. The molecule has 136 valence electrons. The largest absolute Gasteiger partial charge is 0.462 e. The molecule has 0 bridgehead atoms. The van der Waals surface area contributed by atoms with Gasteiger partial charge < -0.3 is 4.74 Å². The van der Waals surface area contributed by atoms with Gasteiger partial charge in [0.2, 0.25) is 0 Å². The number of ketones is 1. The molecular weight excluding hydrogens is 312 g/mol. The van der Waals surface area contributed by atoms with Crippen LogP contribution in [0.5, 0.6) is 0 Å². The van der Waals surface area contributed by atoms with E-state index in [0.717, 1.165) is 19.3 Å². The third-order valence-corrected chi connectivity index (χ3v) is 8.15. The predicted octanol–water partition coefficient (Wildman–Crippen LogP) is 4.47. The molecule has 2 fully saturated rings. The number of esters is 1. The molecule has 0 amide bonds. The number of carbonyl (C=O) groups excluding carboxylic acids is 2. The summed E-state index contributed by atoms with van der Waals surface area (Å²) in [5, 5.41) is 0. The Morgan fingerprint density at radius 1 is 1.24 bits per heavy atom. The van der Waals surface area contributed by atoms with Crippen molar-refractivity contribution >= 4 is 11.8 Å². The van der Waals surface area contributed by atoms with Gasteiger partial charge in [-0.15, -0.1) is 0 Å². The summed E-state index contributed by atoms with van der Waals surface area (Å²) < 4.78 is 5.77. The highest BCUT2D eigenvalue weighted by atomic mass is 16.5. The second kappa shape index (κ2) is 5.31. The molecule has 4 aliphatic carbocycles. The van der Waals surface area contributed by atoms with E-state index in [9.17, 15) is 9.59 Å². The molecule has 0 heterocycles. The quantitative estimate of drug-likeness (QED) is 0.660. The second-order valence-corrected chi connectivity index (χ2v) is 9.40. The molecule has 3 nitrogen and oxygen atoms in total. The van der Waals surface area contributed by atoms with Crippen LogP contribution in [-0.2, 0) is 14.3 Å². The standard InChI is InChI=1S/C22H30O3/c1-12-6-7-16-13(2)10-18(25-14(3)23)17-11-19(24)21(4)9-8-15(12)20(21)22(16,17)5/h6,8,13,16-18,20H,7,9-11H2,1-5H3/t13-,16+,17-,18-,20+,21+,22-/m0/s1. The van der Waals surface area contributed by atoms with Gasteiger partial charge in [-0.3, -0.25) is 9.59 Å². The summed E-state index contributed by atoms with van der Waals surface area (Å²) in [6.45, 7) is 10.6. The lowest BCUT2D eigenvalue weighted by Crippen LogP contribution is -2.62. The zero-order valence-corrected chi connectivity index (χ0v) is 16.1. The number of ether oxygens (including phenoxy) is 1. The van der Waals surface area contributed by atoms with E-state index in [4.69, 9.17) is 4.74 Å². The van der Waals surface area contributed by atoms with Gasteiger partial charge in [-0.05, 0) is 49.0 Å². The summed E-state index contributed by atoms with van der Waals surface area (Å²) in [6.07, 6.45) is 7.98. The zero-order valence-electron chi connectivity index (χ0n) is 16.1. The Morgan fingerprint density at radius 3 is 2.64 bits per heavy atom. The Bertz CT molecular complexity index is 702. The summed E-state index contributed by atoms with van der Waals surface area (Å²) in [5.41, 5.74) is 2.47.